The molecule has 0 aromatic heterocycles. The lowest BCUT2D eigenvalue weighted by molar-refractivity contribution is -0.00464. The molecule has 1 atom stereocenters. The summed E-state index contributed by atoms with van der Waals surface area (Å²) in [6, 6.07) is 7.21. The predicted molar refractivity (Wildman–Crippen MR) is 62.9 cm³/mol. The van der Waals surface area contributed by atoms with Gasteiger partial charge in [-0.15, -0.1) is 0 Å². The van der Waals surface area contributed by atoms with Crippen molar-refractivity contribution >= 4 is 5.69 Å². The summed E-state index contributed by atoms with van der Waals surface area (Å²) in [6.45, 7) is 2.93. The highest BCUT2D eigenvalue weighted by Gasteiger charge is 2.38. The van der Waals surface area contributed by atoms with Crippen LogP contribution in [0.25, 0.3) is 0 Å². The summed E-state index contributed by atoms with van der Waals surface area (Å²) >= 11 is 0. The molecule has 0 amide bonds. The normalized spacial score (nSPS) is 21.6. The van der Waals surface area contributed by atoms with Crippen LogP contribution in [-0.2, 0) is 10.4 Å². The van der Waals surface area contributed by atoms with Crippen LogP contribution in [0.2, 0.25) is 0 Å². The number of nitrogen functional groups attached to an aromatic ring is 1. The van der Waals surface area contributed by atoms with Gasteiger partial charge in [-0.1, -0.05) is 18.2 Å². The van der Waals surface area contributed by atoms with E-state index in [1.807, 2.05) is 12.1 Å². The van der Waals surface area contributed by atoms with Gasteiger partial charge < -0.3 is 10.5 Å². The second kappa shape index (κ2) is 4.42. The van der Waals surface area contributed by atoms with Gasteiger partial charge in [-0.05, 0) is 25.8 Å². The molecule has 1 heterocycles. The maximum atomic E-state index is 14.8. The van der Waals surface area contributed by atoms with Crippen molar-refractivity contribution < 1.29 is 9.13 Å². The third kappa shape index (κ3) is 2.05. The number of anilines is 1. The second-order valence-electron chi connectivity index (χ2n) is 4.55. The van der Waals surface area contributed by atoms with Gasteiger partial charge >= 0.3 is 0 Å². The lowest BCUT2D eigenvalue weighted by Crippen LogP contribution is -2.32. The molecule has 0 spiro atoms. The van der Waals surface area contributed by atoms with Crippen molar-refractivity contribution in [2.45, 2.75) is 25.4 Å². The molecule has 2 rings (SSSR count). The smallest absolute Gasteiger partial charge is 0.138 e. The van der Waals surface area contributed by atoms with Crippen molar-refractivity contribution in [3.63, 3.8) is 0 Å². The molecule has 1 aliphatic heterocycles. The molecule has 88 valence electrons. The Bertz CT molecular complexity index is 359. The zero-order chi connectivity index (χ0) is 11.6. The molecule has 1 fully saturated rings. The van der Waals surface area contributed by atoms with Crippen LogP contribution in [0.3, 0.4) is 0 Å². The van der Waals surface area contributed by atoms with E-state index >= 15 is 0 Å². The van der Waals surface area contributed by atoms with E-state index in [4.69, 9.17) is 10.5 Å². The van der Waals surface area contributed by atoms with Crippen LogP contribution >= 0.6 is 0 Å². The second-order valence-corrected chi connectivity index (χ2v) is 4.55. The van der Waals surface area contributed by atoms with Gasteiger partial charge in [0.15, 0.2) is 0 Å². The van der Waals surface area contributed by atoms with E-state index in [-0.39, 0.29) is 5.92 Å². The number of para-hydroxylation sites is 1. The number of ether oxygens (including phenoxy) is 1. The van der Waals surface area contributed by atoms with E-state index in [2.05, 4.69) is 0 Å². The summed E-state index contributed by atoms with van der Waals surface area (Å²) in [5.41, 5.74) is 5.64. The summed E-state index contributed by atoms with van der Waals surface area (Å²) in [5.74, 6) is 0.00551. The molecule has 2 nitrogen and oxygen atoms in total. The van der Waals surface area contributed by atoms with Crippen molar-refractivity contribution in [2.75, 3.05) is 18.9 Å². The molecule has 1 aromatic rings. The summed E-state index contributed by atoms with van der Waals surface area (Å²) < 4.78 is 20.1. The lowest BCUT2D eigenvalue weighted by Gasteiger charge is -2.34. The number of nitrogens with two attached hydrogens (primary N) is 1. The standard InChI is InChI=1S/C13H18FNO/c1-13(14,10-6-8-16-9-7-10)11-4-2-3-5-12(11)15/h2-5,10H,6-9,15H2,1H3. The quantitative estimate of drug-likeness (QED) is 0.782. The first kappa shape index (κ1) is 11.4. The maximum absolute atomic E-state index is 14.8. The van der Waals surface area contributed by atoms with Gasteiger partial charge in [0.05, 0.1) is 0 Å². The van der Waals surface area contributed by atoms with E-state index in [1.165, 1.54) is 0 Å². The van der Waals surface area contributed by atoms with Gasteiger partial charge in [0, 0.05) is 30.4 Å². The number of benzene rings is 1. The van der Waals surface area contributed by atoms with Crippen LogP contribution in [0.15, 0.2) is 24.3 Å². The Morgan fingerprint density at radius 1 is 1.31 bits per heavy atom. The Kier molecular flexibility index (Phi) is 3.15. The van der Waals surface area contributed by atoms with Crippen molar-refractivity contribution in [3.8, 4) is 0 Å². The molecule has 0 aliphatic carbocycles. The Balaban J connectivity index is 2.26. The molecule has 3 heteroatoms. The van der Waals surface area contributed by atoms with Crippen molar-refractivity contribution in [2.24, 2.45) is 5.92 Å². The van der Waals surface area contributed by atoms with Crippen molar-refractivity contribution in [1.82, 2.24) is 0 Å². The molecular weight excluding hydrogens is 205 g/mol. The van der Waals surface area contributed by atoms with E-state index in [0.717, 1.165) is 12.8 Å². The monoisotopic (exact) mass is 223 g/mol. The third-order valence-corrected chi connectivity index (χ3v) is 3.48. The van der Waals surface area contributed by atoms with E-state index in [0.29, 0.717) is 24.5 Å². The zero-order valence-corrected chi connectivity index (χ0v) is 9.58. The Morgan fingerprint density at radius 3 is 2.56 bits per heavy atom. The summed E-state index contributed by atoms with van der Waals surface area (Å²) in [4.78, 5) is 0. The van der Waals surface area contributed by atoms with E-state index in [1.54, 1.807) is 19.1 Å². The van der Waals surface area contributed by atoms with Crippen LogP contribution in [0, 0.1) is 5.92 Å². The average molecular weight is 223 g/mol. The Hall–Kier alpha value is -1.09. The molecule has 1 aromatic carbocycles. The fourth-order valence-corrected chi connectivity index (χ4v) is 2.40. The molecule has 1 aliphatic rings. The number of rotatable bonds is 2. The highest BCUT2D eigenvalue weighted by Crippen LogP contribution is 2.41. The summed E-state index contributed by atoms with van der Waals surface area (Å²) in [7, 11) is 0. The third-order valence-electron chi connectivity index (χ3n) is 3.48. The maximum Gasteiger partial charge on any atom is 0.138 e. The fraction of sp³-hybridized carbons (Fsp3) is 0.538. The van der Waals surface area contributed by atoms with Crippen LogP contribution in [0.4, 0.5) is 10.1 Å². The SMILES string of the molecule is CC(F)(c1ccccc1N)C1CCOCC1. The van der Waals surface area contributed by atoms with Crippen LogP contribution in [-0.4, -0.2) is 13.2 Å². The van der Waals surface area contributed by atoms with E-state index < -0.39 is 5.67 Å². The minimum absolute atomic E-state index is 0.00551. The molecule has 1 saturated heterocycles. The molecule has 16 heavy (non-hydrogen) atoms. The van der Waals surface area contributed by atoms with Crippen LogP contribution in [0.5, 0.6) is 0 Å². The van der Waals surface area contributed by atoms with Crippen molar-refractivity contribution in [1.29, 1.82) is 0 Å². The molecule has 0 bridgehead atoms. The molecule has 0 radical (unpaired) electrons. The first-order valence-corrected chi connectivity index (χ1v) is 5.74. The van der Waals surface area contributed by atoms with Gasteiger partial charge in [0.25, 0.3) is 0 Å². The number of alkyl halides is 1. The zero-order valence-electron chi connectivity index (χ0n) is 9.58. The van der Waals surface area contributed by atoms with Gasteiger partial charge in [-0.2, -0.15) is 0 Å². The van der Waals surface area contributed by atoms with Crippen LogP contribution in [0.1, 0.15) is 25.3 Å². The number of hydrogen-bond acceptors (Lipinski definition) is 2. The lowest BCUT2D eigenvalue weighted by atomic mass is 9.79. The first-order valence-electron chi connectivity index (χ1n) is 5.74. The van der Waals surface area contributed by atoms with Gasteiger partial charge in [-0.3, -0.25) is 0 Å². The summed E-state index contributed by atoms with van der Waals surface area (Å²) in [6.07, 6.45) is 1.53. The highest BCUT2D eigenvalue weighted by atomic mass is 19.1. The van der Waals surface area contributed by atoms with Crippen molar-refractivity contribution in [3.05, 3.63) is 29.8 Å². The van der Waals surface area contributed by atoms with Gasteiger partial charge in [-0.25, -0.2) is 4.39 Å². The topological polar surface area (TPSA) is 35.2 Å². The Labute approximate surface area is 95.6 Å². The molecule has 1 unspecified atom stereocenters. The Morgan fingerprint density at radius 2 is 1.94 bits per heavy atom. The minimum Gasteiger partial charge on any atom is -0.398 e. The minimum atomic E-state index is -1.35. The average Bonchev–Trinajstić information content (AvgIpc) is 2.30. The number of hydrogen-bond donors (Lipinski definition) is 1. The van der Waals surface area contributed by atoms with Gasteiger partial charge in [0.1, 0.15) is 5.67 Å². The van der Waals surface area contributed by atoms with E-state index in [9.17, 15) is 4.39 Å². The molecular formula is C13H18FNO. The molecule has 2 N–H and O–H groups in total. The van der Waals surface area contributed by atoms with Gasteiger partial charge in [0.2, 0.25) is 0 Å². The fourth-order valence-electron chi connectivity index (χ4n) is 2.40. The molecule has 0 saturated carbocycles. The first-order chi connectivity index (χ1) is 7.62. The number of halogens is 1. The van der Waals surface area contributed by atoms with Crippen LogP contribution < -0.4 is 5.73 Å². The highest BCUT2D eigenvalue weighted by molar-refractivity contribution is 5.49. The predicted octanol–water partition coefficient (Wildman–Crippen LogP) is 2.88. The largest absolute Gasteiger partial charge is 0.398 e. The summed E-state index contributed by atoms with van der Waals surface area (Å²) in [5, 5.41) is 0.